The van der Waals surface area contributed by atoms with Gasteiger partial charge >= 0.3 is 0 Å². The molecule has 0 aliphatic rings. The van der Waals surface area contributed by atoms with Crippen LogP contribution in [-0.4, -0.2) is 53.6 Å². The first-order valence-corrected chi connectivity index (χ1v) is 11.5. The highest BCUT2D eigenvalue weighted by atomic mass is 127. The van der Waals surface area contributed by atoms with Crippen molar-refractivity contribution in [3.8, 4) is 0 Å². The van der Waals surface area contributed by atoms with E-state index in [-0.39, 0.29) is 24.0 Å². The molecule has 0 saturated heterocycles. The van der Waals surface area contributed by atoms with E-state index in [0.717, 1.165) is 50.9 Å². The zero-order valence-electron chi connectivity index (χ0n) is 19.9. The summed E-state index contributed by atoms with van der Waals surface area (Å²) in [5, 5.41) is 6.97. The van der Waals surface area contributed by atoms with Gasteiger partial charge in [-0.25, -0.2) is 4.98 Å². The first-order chi connectivity index (χ1) is 15.7. The van der Waals surface area contributed by atoms with Crippen molar-refractivity contribution in [2.75, 3.05) is 33.2 Å². The normalized spacial score (nSPS) is 12.3. The van der Waals surface area contributed by atoms with Gasteiger partial charge in [0.2, 0.25) is 0 Å². The molecule has 178 valence electrons. The number of nitrogens with one attached hydrogen (secondary N) is 2. The summed E-state index contributed by atoms with van der Waals surface area (Å²) in [6.07, 6.45) is 4.75. The molecule has 3 rings (SSSR count). The molecule has 2 aromatic carbocycles. The number of guanidine groups is 1. The highest BCUT2D eigenvalue weighted by Gasteiger charge is 2.18. The first kappa shape index (κ1) is 26.9. The van der Waals surface area contributed by atoms with Crippen LogP contribution in [0.1, 0.15) is 36.8 Å². The average Bonchev–Trinajstić information content (AvgIpc) is 3.28. The van der Waals surface area contributed by atoms with E-state index in [4.69, 9.17) is 0 Å². The fraction of sp³-hybridized carbons (Fsp3) is 0.385. The van der Waals surface area contributed by atoms with Gasteiger partial charge < -0.3 is 15.2 Å². The monoisotopic (exact) mass is 560 g/mol. The Bertz CT molecular complexity index is 938. The van der Waals surface area contributed by atoms with Crippen LogP contribution >= 0.6 is 24.0 Å². The number of rotatable bonds is 11. The Kier molecular flexibility index (Phi) is 12.0. The van der Waals surface area contributed by atoms with E-state index in [2.05, 4.69) is 98.5 Å². The Morgan fingerprint density at radius 3 is 2.30 bits per heavy atom. The minimum absolute atomic E-state index is 0. The summed E-state index contributed by atoms with van der Waals surface area (Å²) < 4.78 is 2.21. The maximum atomic E-state index is 4.55. The molecule has 0 spiro atoms. The summed E-state index contributed by atoms with van der Waals surface area (Å²) in [4.78, 5) is 11.4. The van der Waals surface area contributed by atoms with Crippen LogP contribution in [0.2, 0.25) is 0 Å². The molecule has 2 N–H and O–H groups in total. The fourth-order valence-corrected chi connectivity index (χ4v) is 4.00. The summed E-state index contributed by atoms with van der Waals surface area (Å²) in [5.41, 5.74) is 2.60. The van der Waals surface area contributed by atoms with Gasteiger partial charge in [-0.3, -0.25) is 9.89 Å². The van der Waals surface area contributed by atoms with Crippen LogP contribution in [0.15, 0.2) is 78.0 Å². The quantitative estimate of drug-likeness (QED) is 0.208. The molecule has 0 bridgehead atoms. The number of aromatic nitrogens is 2. The number of aliphatic imine (C=N–C) groups is 1. The van der Waals surface area contributed by atoms with Gasteiger partial charge in [-0.2, -0.15) is 0 Å². The second-order valence-corrected chi connectivity index (χ2v) is 7.73. The van der Waals surface area contributed by atoms with Crippen molar-refractivity contribution in [3.05, 3.63) is 90.0 Å². The van der Waals surface area contributed by atoms with Crippen molar-refractivity contribution in [2.45, 2.75) is 32.9 Å². The van der Waals surface area contributed by atoms with Gasteiger partial charge in [0.15, 0.2) is 5.96 Å². The zero-order chi connectivity index (χ0) is 22.6. The van der Waals surface area contributed by atoms with E-state index in [0.29, 0.717) is 6.04 Å². The Labute approximate surface area is 215 Å². The van der Waals surface area contributed by atoms with Gasteiger partial charge in [0.25, 0.3) is 0 Å². The van der Waals surface area contributed by atoms with Crippen LogP contribution in [0.4, 0.5) is 0 Å². The Balaban J connectivity index is 0.00000385. The third-order valence-corrected chi connectivity index (χ3v) is 5.76. The smallest absolute Gasteiger partial charge is 0.191 e. The third kappa shape index (κ3) is 8.16. The Morgan fingerprint density at radius 2 is 1.67 bits per heavy atom. The van der Waals surface area contributed by atoms with E-state index in [1.165, 1.54) is 11.1 Å². The highest BCUT2D eigenvalue weighted by molar-refractivity contribution is 14.0. The summed E-state index contributed by atoms with van der Waals surface area (Å²) in [7, 11) is 1.82. The van der Waals surface area contributed by atoms with Gasteiger partial charge in [0.05, 0.1) is 6.04 Å². The van der Waals surface area contributed by atoms with Gasteiger partial charge in [-0.05, 0) is 24.2 Å². The predicted octanol–water partition coefficient (Wildman–Crippen LogP) is 4.34. The van der Waals surface area contributed by atoms with Crippen molar-refractivity contribution in [1.82, 2.24) is 25.1 Å². The van der Waals surface area contributed by atoms with Crippen LogP contribution < -0.4 is 10.6 Å². The number of hydrogen-bond acceptors (Lipinski definition) is 3. The molecule has 0 amide bonds. The van der Waals surface area contributed by atoms with Crippen molar-refractivity contribution in [1.29, 1.82) is 0 Å². The van der Waals surface area contributed by atoms with E-state index in [9.17, 15) is 0 Å². The standard InChI is InChI=1S/C26H36N6.HI/c1-4-31(5-2)24(23-14-10-7-11-15-23)20-30-26(27-3)29-17-16-25-28-18-19-32(25)21-22-12-8-6-9-13-22;/h6-15,18-19,24H,4-5,16-17,20-21H2,1-3H3,(H2,27,29,30);1H. The minimum atomic E-state index is 0. The van der Waals surface area contributed by atoms with Crippen LogP contribution in [0.3, 0.4) is 0 Å². The van der Waals surface area contributed by atoms with Crippen molar-refractivity contribution in [2.24, 2.45) is 4.99 Å². The van der Waals surface area contributed by atoms with Crippen molar-refractivity contribution < 1.29 is 0 Å². The molecule has 0 aliphatic carbocycles. The zero-order valence-corrected chi connectivity index (χ0v) is 22.3. The molecule has 1 aromatic heterocycles. The summed E-state index contributed by atoms with van der Waals surface area (Å²) >= 11 is 0. The number of hydrogen-bond donors (Lipinski definition) is 2. The van der Waals surface area contributed by atoms with E-state index < -0.39 is 0 Å². The molecular weight excluding hydrogens is 523 g/mol. The largest absolute Gasteiger partial charge is 0.356 e. The molecule has 6 nitrogen and oxygen atoms in total. The highest BCUT2D eigenvalue weighted by Crippen LogP contribution is 2.19. The van der Waals surface area contributed by atoms with Gasteiger partial charge in [-0.1, -0.05) is 74.5 Å². The molecule has 3 aromatic rings. The topological polar surface area (TPSA) is 57.5 Å². The van der Waals surface area contributed by atoms with Gasteiger partial charge in [-0.15, -0.1) is 24.0 Å². The predicted molar refractivity (Wildman–Crippen MR) is 148 cm³/mol. The maximum absolute atomic E-state index is 4.55. The van der Waals surface area contributed by atoms with Crippen molar-refractivity contribution >= 4 is 29.9 Å². The molecule has 1 heterocycles. The number of likely N-dealkylation sites (N-methyl/N-ethyl adjacent to an activating group) is 1. The second kappa shape index (κ2) is 14.7. The summed E-state index contributed by atoms with van der Waals surface area (Å²) in [5.74, 6) is 1.89. The number of halogens is 1. The lowest BCUT2D eigenvalue weighted by Crippen LogP contribution is -2.43. The fourth-order valence-electron chi connectivity index (χ4n) is 4.00. The SMILES string of the molecule is CCN(CC)C(CNC(=NC)NCCc1nccn1Cc1ccccc1)c1ccccc1.I. The average molecular weight is 561 g/mol. The molecule has 0 saturated carbocycles. The minimum Gasteiger partial charge on any atom is -0.356 e. The number of nitrogens with zero attached hydrogens (tertiary/aromatic N) is 4. The van der Waals surface area contributed by atoms with Crippen LogP contribution in [-0.2, 0) is 13.0 Å². The van der Waals surface area contributed by atoms with Crippen LogP contribution in [0, 0.1) is 0 Å². The number of benzene rings is 2. The molecule has 1 atom stereocenters. The lowest BCUT2D eigenvalue weighted by molar-refractivity contribution is 0.219. The van der Waals surface area contributed by atoms with E-state index >= 15 is 0 Å². The summed E-state index contributed by atoms with van der Waals surface area (Å²) in [6.45, 7) is 8.85. The Hall–Kier alpha value is -2.39. The lowest BCUT2D eigenvalue weighted by atomic mass is 10.1. The maximum Gasteiger partial charge on any atom is 0.191 e. The molecule has 0 radical (unpaired) electrons. The lowest BCUT2D eigenvalue weighted by Gasteiger charge is -2.30. The second-order valence-electron chi connectivity index (χ2n) is 7.73. The van der Waals surface area contributed by atoms with Gasteiger partial charge in [0.1, 0.15) is 5.82 Å². The molecule has 1 unspecified atom stereocenters. The molecule has 7 heteroatoms. The molecule has 0 aliphatic heterocycles. The summed E-state index contributed by atoms with van der Waals surface area (Å²) in [6, 6.07) is 21.5. The van der Waals surface area contributed by atoms with Gasteiger partial charge in [0, 0.05) is 45.5 Å². The van der Waals surface area contributed by atoms with Crippen LogP contribution in [0.5, 0.6) is 0 Å². The van der Waals surface area contributed by atoms with E-state index in [1.54, 1.807) is 0 Å². The number of imidazole rings is 1. The Morgan fingerprint density at radius 1 is 1.00 bits per heavy atom. The molecular formula is C26H37IN6. The first-order valence-electron chi connectivity index (χ1n) is 11.5. The van der Waals surface area contributed by atoms with Crippen molar-refractivity contribution in [3.63, 3.8) is 0 Å². The molecule has 0 fully saturated rings. The third-order valence-electron chi connectivity index (χ3n) is 5.76. The molecule has 33 heavy (non-hydrogen) atoms. The van der Waals surface area contributed by atoms with Crippen LogP contribution in [0.25, 0.3) is 0 Å². The van der Waals surface area contributed by atoms with E-state index in [1.807, 2.05) is 25.5 Å².